The summed E-state index contributed by atoms with van der Waals surface area (Å²) in [5.41, 5.74) is 5.38. The highest BCUT2D eigenvalue weighted by Gasteiger charge is 2.25. The summed E-state index contributed by atoms with van der Waals surface area (Å²) in [6, 6.07) is 14.6. The first-order chi connectivity index (χ1) is 9.44. The number of anilines is 1. The second-order valence-corrected chi connectivity index (χ2v) is 5.78. The molecule has 2 rings (SSSR count). The number of aliphatic hydroxyl groups excluding tert-OH is 1. The number of hydrogen-bond acceptors (Lipinski definition) is 2. The van der Waals surface area contributed by atoms with E-state index in [4.69, 9.17) is 0 Å². The fraction of sp³-hybridized carbons (Fsp3) is 0.333. The summed E-state index contributed by atoms with van der Waals surface area (Å²) in [7, 11) is 0. The summed E-state index contributed by atoms with van der Waals surface area (Å²) < 4.78 is 0. The number of benzene rings is 2. The summed E-state index contributed by atoms with van der Waals surface area (Å²) in [4.78, 5) is 0. The molecule has 0 aromatic heterocycles. The number of rotatable bonds is 4. The van der Waals surface area contributed by atoms with Gasteiger partial charge in [-0.05, 0) is 56.5 Å². The average Bonchev–Trinajstić information content (AvgIpc) is 2.44. The molecule has 0 saturated heterocycles. The molecule has 106 valence electrons. The average molecular weight is 269 g/mol. The molecule has 2 aromatic rings. The van der Waals surface area contributed by atoms with Gasteiger partial charge >= 0.3 is 0 Å². The lowest BCUT2D eigenvalue weighted by Crippen LogP contribution is -2.36. The topological polar surface area (TPSA) is 32.3 Å². The lowest BCUT2D eigenvalue weighted by atomic mass is 9.90. The predicted molar refractivity (Wildman–Crippen MR) is 85.2 cm³/mol. The van der Waals surface area contributed by atoms with Crippen LogP contribution in [0.1, 0.15) is 29.2 Å². The van der Waals surface area contributed by atoms with E-state index in [9.17, 15) is 5.11 Å². The van der Waals surface area contributed by atoms with Crippen LogP contribution in [0.4, 0.5) is 5.69 Å². The molecule has 2 nitrogen and oxygen atoms in total. The molecule has 20 heavy (non-hydrogen) atoms. The molecule has 0 radical (unpaired) electrons. The van der Waals surface area contributed by atoms with E-state index in [1.54, 1.807) is 0 Å². The molecule has 0 spiro atoms. The van der Waals surface area contributed by atoms with Crippen molar-refractivity contribution in [1.29, 1.82) is 0 Å². The Morgan fingerprint density at radius 1 is 0.950 bits per heavy atom. The van der Waals surface area contributed by atoms with Gasteiger partial charge in [0.05, 0.1) is 12.1 Å². The molecule has 1 atom stereocenters. The van der Waals surface area contributed by atoms with Crippen molar-refractivity contribution in [2.75, 3.05) is 11.9 Å². The van der Waals surface area contributed by atoms with Crippen LogP contribution >= 0.6 is 0 Å². The predicted octanol–water partition coefficient (Wildman–Crippen LogP) is 3.93. The molecule has 0 heterocycles. The standard InChI is InChI=1S/C18H23NO/c1-13-5-9-17(10-6-13)19-18(4,12-20)16-8-7-14(2)15(3)11-16/h5-11,19-20H,12H2,1-4H3. The zero-order valence-electron chi connectivity index (χ0n) is 12.7. The van der Waals surface area contributed by atoms with Gasteiger partial charge in [0, 0.05) is 5.69 Å². The minimum atomic E-state index is -0.478. The minimum Gasteiger partial charge on any atom is -0.394 e. The summed E-state index contributed by atoms with van der Waals surface area (Å²) >= 11 is 0. The number of aliphatic hydroxyl groups is 1. The van der Waals surface area contributed by atoms with Crippen molar-refractivity contribution in [1.82, 2.24) is 0 Å². The molecule has 0 fully saturated rings. The molecule has 2 aromatic carbocycles. The Kier molecular flexibility index (Phi) is 4.15. The number of aryl methyl sites for hydroxylation is 3. The molecule has 2 heteroatoms. The summed E-state index contributed by atoms with van der Waals surface area (Å²) in [5.74, 6) is 0. The van der Waals surface area contributed by atoms with Gasteiger partial charge in [-0.1, -0.05) is 35.9 Å². The van der Waals surface area contributed by atoms with Crippen molar-refractivity contribution in [2.24, 2.45) is 0 Å². The van der Waals surface area contributed by atoms with Crippen LogP contribution in [0, 0.1) is 20.8 Å². The van der Waals surface area contributed by atoms with E-state index in [0.29, 0.717) is 0 Å². The lowest BCUT2D eigenvalue weighted by Gasteiger charge is -2.31. The van der Waals surface area contributed by atoms with E-state index < -0.39 is 5.54 Å². The van der Waals surface area contributed by atoms with E-state index in [1.807, 2.05) is 19.1 Å². The van der Waals surface area contributed by atoms with Crippen LogP contribution in [0.25, 0.3) is 0 Å². The highest BCUT2D eigenvalue weighted by Crippen LogP contribution is 2.27. The Balaban J connectivity index is 2.32. The van der Waals surface area contributed by atoms with Crippen LogP contribution in [0.3, 0.4) is 0 Å². The van der Waals surface area contributed by atoms with Gasteiger partial charge in [0.15, 0.2) is 0 Å². The van der Waals surface area contributed by atoms with Gasteiger partial charge in [-0.25, -0.2) is 0 Å². The van der Waals surface area contributed by atoms with Gasteiger partial charge in [-0.15, -0.1) is 0 Å². The molecule has 0 saturated carbocycles. The van der Waals surface area contributed by atoms with Crippen LogP contribution in [0.2, 0.25) is 0 Å². The smallest absolute Gasteiger partial charge is 0.0828 e. The van der Waals surface area contributed by atoms with Gasteiger partial charge < -0.3 is 10.4 Å². The Morgan fingerprint density at radius 2 is 1.60 bits per heavy atom. The Hall–Kier alpha value is -1.80. The molecule has 0 bridgehead atoms. The fourth-order valence-corrected chi connectivity index (χ4v) is 2.24. The third-order valence-corrected chi connectivity index (χ3v) is 3.93. The largest absolute Gasteiger partial charge is 0.394 e. The summed E-state index contributed by atoms with van der Waals surface area (Å²) in [6.45, 7) is 8.34. The van der Waals surface area contributed by atoms with Gasteiger partial charge in [0.25, 0.3) is 0 Å². The Morgan fingerprint density at radius 3 is 2.15 bits per heavy atom. The van der Waals surface area contributed by atoms with Gasteiger partial charge in [-0.2, -0.15) is 0 Å². The van der Waals surface area contributed by atoms with Crippen molar-refractivity contribution in [2.45, 2.75) is 33.2 Å². The minimum absolute atomic E-state index is 0.0450. The quantitative estimate of drug-likeness (QED) is 0.881. The fourth-order valence-electron chi connectivity index (χ4n) is 2.24. The van der Waals surface area contributed by atoms with Crippen molar-refractivity contribution >= 4 is 5.69 Å². The van der Waals surface area contributed by atoms with Crippen molar-refractivity contribution in [3.8, 4) is 0 Å². The Labute approximate surface area is 121 Å². The molecule has 0 aliphatic carbocycles. The second kappa shape index (κ2) is 5.68. The van der Waals surface area contributed by atoms with Crippen molar-refractivity contribution < 1.29 is 5.11 Å². The van der Waals surface area contributed by atoms with Crippen LogP contribution in [-0.2, 0) is 5.54 Å². The van der Waals surface area contributed by atoms with Gasteiger partial charge in [0.1, 0.15) is 0 Å². The molecule has 1 unspecified atom stereocenters. The van der Waals surface area contributed by atoms with E-state index in [-0.39, 0.29) is 6.61 Å². The number of hydrogen-bond donors (Lipinski definition) is 2. The number of nitrogens with one attached hydrogen (secondary N) is 1. The van der Waals surface area contributed by atoms with Crippen molar-refractivity contribution in [3.63, 3.8) is 0 Å². The van der Waals surface area contributed by atoms with Crippen molar-refractivity contribution in [3.05, 3.63) is 64.7 Å². The van der Waals surface area contributed by atoms with Gasteiger partial charge in [0.2, 0.25) is 0 Å². The summed E-state index contributed by atoms with van der Waals surface area (Å²) in [5, 5.41) is 13.3. The molecular formula is C18H23NO. The van der Waals surface area contributed by atoms with Gasteiger partial charge in [-0.3, -0.25) is 0 Å². The SMILES string of the molecule is Cc1ccc(NC(C)(CO)c2ccc(C)c(C)c2)cc1. The maximum absolute atomic E-state index is 9.85. The maximum atomic E-state index is 9.85. The monoisotopic (exact) mass is 269 g/mol. The van der Waals surface area contributed by atoms with Crippen LogP contribution in [0.15, 0.2) is 42.5 Å². The normalized spacial score (nSPS) is 13.8. The zero-order valence-corrected chi connectivity index (χ0v) is 12.7. The van der Waals surface area contributed by atoms with E-state index in [0.717, 1.165) is 11.3 Å². The molecular weight excluding hydrogens is 246 g/mol. The summed E-state index contributed by atoms with van der Waals surface area (Å²) in [6.07, 6.45) is 0. The highest BCUT2D eigenvalue weighted by molar-refractivity contribution is 5.49. The van der Waals surface area contributed by atoms with Crippen LogP contribution < -0.4 is 5.32 Å². The van der Waals surface area contributed by atoms with Crippen LogP contribution in [-0.4, -0.2) is 11.7 Å². The van der Waals surface area contributed by atoms with Crippen LogP contribution in [0.5, 0.6) is 0 Å². The van der Waals surface area contributed by atoms with E-state index >= 15 is 0 Å². The molecule has 2 N–H and O–H groups in total. The second-order valence-electron chi connectivity index (χ2n) is 5.78. The lowest BCUT2D eigenvalue weighted by molar-refractivity contribution is 0.224. The van der Waals surface area contributed by atoms with E-state index in [1.165, 1.54) is 16.7 Å². The first kappa shape index (κ1) is 14.6. The zero-order chi connectivity index (χ0) is 14.8. The molecule has 0 amide bonds. The molecule has 0 aliphatic heterocycles. The first-order valence-corrected chi connectivity index (χ1v) is 6.98. The maximum Gasteiger partial charge on any atom is 0.0828 e. The molecule has 0 aliphatic rings. The third kappa shape index (κ3) is 3.02. The van der Waals surface area contributed by atoms with E-state index in [2.05, 4.69) is 56.4 Å². The first-order valence-electron chi connectivity index (χ1n) is 6.98. The Bertz CT molecular complexity index is 589. The highest BCUT2D eigenvalue weighted by atomic mass is 16.3. The third-order valence-electron chi connectivity index (χ3n) is 3.93.